The number of halogens is 1. The number of rotatable bonds is 4. The topological polar surface area (TPSA) is 36.4 Å². The van der Waals surface area contributed by atoms with Gasteiger partial charge in [-0.1, -0.05) is 25.1 Å². The van der Waals surface area contributed by atoms with E-state index in [2.05, 4.69) is 22.5 Å². The van der Waals surface area contributed by atoms with Crippen LogP contribution in [0.4, 0.5) is 4.39 Å². The van der Waals surface area contributed by atoms with Crippen LogP contribution in [0.3, 0.4) is 0 Å². The minimum atomic E-state index is -0.0921. The summed E-state index contributed by atoms with van der Waals surface area (Å²) in [5, 5.41) is 6.76. The van der Waals surface area contributed by atoms with E-state index in [1.807, 2.05) is 12.1 Å². The van der Waals surface area contributed by atoms with Gasteiger partial charge in [-0.25, -0.2) is 4.39 Å². The Morgan fingerprint density at radius 2 is 2.10 bits per heavy atom. The third-order valence-corrected chi connectivity index (χ3v) is 4.55. The van der Waals surface area contributed by atoms with Gasteiger partial charge in [0.05, 0.1) is 0 Å². The van der Waals surface area contributed by atoms with Crippen molar-refractivity contribution >= 4 is 5.96 Å². The molecule has 1 aromatic rings. The number of guanidine groups is 1. The fourth-order valence-corrected chi connectivity index (χ4v) is 2.73. The van der Waals surface area contributed by atoms with E-state index >= 15 is 0 Å². The van der Waals surface area contributed by atoms with E-state index in [1.165, 1.54) is 6.42 Å². The summed E-state index contributed by atoms with van der Waals surface area (Å²) in [6, 6.07) is 7.66. The Morgan fingerprint density at radius 3 is 2.65 bits per heavy atom. The van der Waals surface area contributed by atoms with Crippen molar-refractivity contribution in [2.24, 2.45) is 10.9 Å². The molecule has 3 nitrogen and oxygen atoms in total. The SMILES string of the molecule is CN=C(NCC1(c2ccccc2F)CC1)NC1CC1C. The fraction of sp³-hybridized carbons (Fsp3) is 0.562. The zero-order valence-corrected chi connectivity index (χ0v) is 12.1. The zero-order valence-electron chi connectivity index (χ0n) is 12.1. The van der Waals surface area contributed by atoms with Crippen LogP contribution in [-0.4, -0.2) is 25.6 Å². The molecule has 3 rings (SSSR count). The molecular formula is C16H22FN3. The lowest BCUT2D eigenvalue weighted by molar-refractivity contribution is 0.559. The van der Waals surface area contributed by atoms with Gasteiger partial charge in [0.15, 0.2) is 5.96 Å². The van der Waals surface area contributed by atoms with Gasteiger partial charge in [0.2, 0.25) is 0 Å². The smallest absolute Gasteiger partial charge is 0.191 e. The quantitative estimate of drug-likeness (QED) is 0.654. The van der Waals surface area contributed by atoms with E-state index in [-0.39, 0.29) is 11.2 Å². The highest BCUT2D eigenvalue weighted by Crippen LogP contribution is 2.48. The first-order valence-corrected chi connectivity index (χ1v) is 7.37. The Bertz CT molecular complexity index is 522. The summed E-state index contributed by atoms with van der Waals surface area (Å²) in [4.78, 5) is 4.25. The predicted molar refractivity (Wildman–Crippen MR) is 79.4 cm³/mol. The molecule has 2 aliphatic rings. The van der Waals surface area contributed by atoms with Gasteiger partial charge in [0.1, 0.15) is 5.82 Å². The molecule has 0 radical (unpaired) electrons. The minimum Gasteiger partial charge on any atom is -0.356 e. The van der Waals surface area contributed by atoms with Crippen LogP contribution in [0, 0.1) is 11.7 Å². The summed E-state index contributed by atoms with van der Waals surface area (Å²) in [6.45, 7) is 2.97. The van der Waals surface area contributed by atoms with Gasteiger partial charge in [-0.3, -0.25) is 4.99 Å². The highest BCUT2D eigenvalue weighted by Gasteiger charge is 2.46. The lowest BCUT2D eigenvalue weighted by Gasteiger charge is -2.19. The lowest BCUT2D eigenvalue weighted by Crippen LogP contribution is -2.42. The van der Waals surface area contributed by atoms with Crippen LogP contribution < -0.4 is 10.6 Å². The van der Waals surface area contributed by atoms with Gasteiger partial charge in [0, 0.05) is 25.0 Å². The van der Waals surface area contributed by atoms with Crippen LogP contribution in [0.15, 0.2) is 29.3 Å². The highest BCUT2D eigenvalue weighted by atomic mass is 19.1. The normalized spacial score (nSPS) is 27.1. The van der Waals surface area contributed by atoms with E-state index in [4.69, 9.17) is 0 Å². The molecular weight excluding hydrogens is 253 g/mol. The average molecular weight is 275 g/mol. The highest BCUT2D eigenvalue weighted by molar-refractivity contribution is 5.80. The molecule has 0 spiro atoms. The molecule has 0 aromatic heterocycles. The average Bonchev–Trinajstić information content (AvgIpc) is 3.35. The number of nitrogens with zero attached hydrogens (tertiary/aromatic N) is 1. The van der Waals surface area contributed by atoms with Crippen molar-refractivity contribution in [3.8, 4) is 0 Å². The Labute approximate surface area is 119 Å². The first-order chi connectivity index (χ1) is 9.64. The van der Waals surface area contributed by atoms with Crippen molar-refractivity contribution in [3.63, 3.8) is 0 Å². The molecule has 4 heteroatoms. The van der Waals surface area contributed by atoms with Crippen molar-refractivity contribution in [1.82, 2.24) is 10.6 Å². The Balaban J connectivity index is 1.61. The minimum absolute atomic E-state index is 0.0435. The molecule has 0 aliphatic heterocycles. The van der Waals surface area contributed by atoms with Crippen LogP contribution in [0.5, 0.6) is 0 Å². The van der Waals surface area contributed by atoms with Crippen LogP contribution in [-0.2, 0) is 5.41 Å². The van der Waals surface area contributed by atoms with Crippen LogP contribution in [0.25, 0.3) is 0 Å². The molecule has 2 N–H and O–H groups in total. The van der Waals surface area contributed by atoms with Gasteiger partial charge >= 0.3 is 0 Å². The van der Waals surface area contributed by atoms with E-state index in [0.717, 1.165) is 36.8 Å². The molecule has 0 saturated heterocycles. The summed E-state index contributed by atoms with van der Waals surface area (Å²) in [5.41, 5.74) is 0.792. The van der Waals surface area contributed by atoms with E-state index in [0.29, 0.717) is 6.04 Å². The molecule has 2 saturated carbocycles. The standard InChI is InChI=1S/C16H22FN3/c1-11-9-14(11)20-15(18-2)19-10-16(7-8-16)12-5-3-4-6-13(12)17/h3-6,11,14H,7-10H2,1-2H3,(H2,18,19,20). The fourth-order valence-electron chi connectivity index (χ4n) is 2.73. The third-order valence-electron chi connectivity index (χ3n) is 4.55. The number of benzene rings is 1. The summed E-state index contributed by atoms with van der Waals surface area (Å²) in [7, 11) is 1.78. The molecule has 0 amide bonds. The maximum Gasteiger partial charge on any atom is 0.191 e. The molecule has 20 heavy (non-hydrogen) atoms. The van der Waals surface area contributed by atoms with Gasteiger partial charge in [-0.05, 0) is 36.8 Å². The molecule has 1 aromatic carbocycles. The zero-order chi connectivity index (χ0) is 14.2. The Kier molecular flexibility index (Phi) is 3.40. The Morgan fingerprint density at radius 1 is 1.40 bits per heavy atom. The monoisotopic (exact) mass is 275 g/mol. The molecule has 2 aliphatic carbocycles. The number of hydrogen-bond acceptors (Lipinski definition) is 1. The van der Waals surface area contributed by atoms with E-state index in [1.54, 1.807) is 19.2 Å². The summed E-state index contributed by atoms with van der Waals surface area (Å²) >= 11 is 0. The third kappa shape index (κ3) is 2.65. The van der Waals surface area contributed by atoms with Crippen LogP contribution >= 0.6 is 0 Å². The van der Waals surface area contributed by atoms with Crippen molar-refractivity contribution in [2.75, 3.05) is 13.6 Å². The summed E-state index contributed by atoms with van der Waals surface area (Å²) in [6.07, 6.45) is 3.29. The van der Waals surface area contributed by atoms with Crippen molar-refractivity contribution in [1.29, 1.82) is 0 Å². The van der Waals surface area contributed by atoms with E-state index in [9.17, 15) is 4.39 Å². The summed E-state index contributed by atoms with van der Waals surface area (Å²) in [5.74, 6) is 1.47. The van der Waals surface area contributed by atoms with Gasteiger partial charge in [-0.15, -0.1) is 0 Å². The van der Waals surface area contributed by atoms with Crippen LogP contribution in [0.1, 0.15) is 31.7 Å². The lowest BCUT2D eigenvalue weighted by atomic mass is 9.95. The molecule has 108 valence electrons. The second-order valence-electron chi connectivity index (χ2n) is 6.15. The Hall–Kier alpha value is -1.58. The predicted octanol–water partition coefficient (Wildman–Crippen LogP) is 2.43. The number of hydrogen-bond donors (Lipinski definition) is 2. The van der Waals surface area contributed by atoms with E-state index < -0.39 is 0 Å². The maximum absolute atomic E-state index is 13.9. The van der Waals surface area contributed by atoms with Crippen LogP contribution in [0.2, 0.25) is 0 Å². The first-order valence-electron chi connectivity index (χ1n) is 7.37. The molecule has 2 atom stereocenters. The van der Waals surface area contributed by atoms with Gasteiger partial charge in [-0.2, -0.15) is 0 Å². The van der Waals surface area contributed by atoms with Crippen molar-refractivity contribution < 1.29 is 4.39 Å². The van der Waals surface area contributed by atoms with Gasteiger partial charge < -0.3 is 10.6 Å². The molecule has 2 fully saturated rings. The number of aliphatic imine (C=N–C) groups is 1. The second kappa shape index (κ2) is 5.08. The summed E-state index contributed by atoms with van der Waals surface area (Å²) < 4.78 is 13.9. The van der Waals surface area contributed by atoms with Crippen molar-refractivity contribution in [2.45, 2.75) is 37.6 Å². The maximum atomic E-state index is 13.9. The van der Waals surface area contributed by atoms with Crippen molar-refractivity contribution in [3.05, 3.63) is 35.6 Å². The molecule has 2 unspecified atom stereocenters. The van der Waals surface area contributed by atoms with Gasteiger partial charge in [0.25, 0.3) is 0 Å². The first kappa shape index (κ1) is 13.4. The molecule has 0 bridgehead atoms. The number of nitrogens with one attached hydrogen (secondary N) is 2. The second-order valence-corrected chi connectivity index (χ2v) is 6.15. The largest absolute Gasteiger partial charge is 0.356 e. The molecule has 0 heterocycles.